The van der Waals surface area contributed by atoms with Crippen LogP contribution >= 0.6 is 0 Å². The number of likely N-dealkylation sites (tertiary alicyclic amines) is 1. The topological polar surface area (TPSA) is 37.4 Å². The first-order valence-electron chi connectivity index (χ1n) is 9.19. The fraction of sp³-hybridized carbons (Fsp3) is 0.550. The molecular weight excluding hydrogens is 298 g/mol. The number of anilines is 1. The first-order valence-corrected chi connectivity index (χ1v) is 9.19. The van der Waals surface area contributed by atoms with E-state index >= 15 is 0 Å². The molecule has 0 saturated carbocycles. The van der Waals surface area contributed by atoms with E-state index in [1.807, 2.05) is 6.07 Å². The number of methoxy groups -OCH3 is 1. The van der Waals surface area contributed by atoms with Gasteiger partial charge in [-0.25, -0.2) is 0 Å². The summed E-state index contributed by atoms with van der Waals surface area (Å²) in [5.41, 5.74) is 5.16. The van der Waals surface area contributed by atoms with E-state index in [9.17, 15) is 0 Å². The number of aryl methyl sites for hydroxylation is 1. The molecule has 0 spiro atoms. The van der Waals surface area contributed by atoms with Gasteiger partial charge in [0.1, 0.15) is 5.75 Å². The minimum atomic E-state index is 0.559. The van der Waals surface area contributed by atoms with Crippen LogP contribution in [0.5, 0.6) is 5.75 Å². The normalized spacial score (nSPS) is 19.2. The lowest BCUT2D eigenvalue weighted by Gasteiger charge is -2.32. The summed E-state index contributed by atoms with van der Waals surface area (Å²) in [6.45, 7) is 2.35. The summed E-state index contributed by atoms with van der Waals surface area (Å²) in [5.74, 6) is 0.909. The van der Waals surface area contributed by atoms with E-state index in [2.05, 4.69) is 29.4 Å². The second-order valence-corrected chi connectivity index (χ2v) is 7.22. The van der Waals surface area contributed by atoms with Crippen molar-refractivity contribution < 1.29 is 4.74 Å². The molecule has 1 aliphatic carbocycles. The summed E-state index contributed by atoms with van der Waals surface area (Å²) in [7, 11) is 3.95. The van der Waals surface area contributed by atoms with Crippen molar-refractivity contribution in [2.45, 2.75) is 44.6 Å². The minimum absolute atomic E-state index is 0.559. The van der Waals surface area contributed by atoms with E-state index in [0.29, 0.717) is 6.04 Å². The zero-order valence-corrected chi connectivity index (χ0v) is 14.8. The molecular formula is C20H27N3O. The van der Waals surface area contributed by atoms with Gasteiger partial charge in [0.2, 0.25) is 0 Å². The van der Waals surface area contributed by atoms with E-state index < -0.39 is 0 Å². The van der Waals surface area contributed by atoms with Crippen molar-refractivity contribution in [2.75, 3.05) is 32.6 Å². The van der Waals surface area contributed by atoms with Crippen molar-refractivity contribution in [3.05, 3.63) is 29.5 Å². The molecule has 0 atom stereocenters. The number of piperidine rings is 1. The van der Waals surface area contributed by atoms with E-state index in [4.69, 9.17) is 9.72 Å². The van der Waals surface area contributed by atoms with Gasteiger partial charge in [0.25, 0.3) is 0 Å². The van der Waals surface area contributed by atoms with Gasteiger partial charge in [-0.3, -0.25) is 4.98 Å². The van der Waals surface area contributed by atoms with Crippen molar-refractivity contribution in [1.29, 1.82) is 0 Å². The number of nitrogens with one attached hydrogen (secondary N) is 1. The third-order valence-corrected chi connectivity index (χ3v) is 5.54. The van der Waals surface area contributed by atoms with Crippen LogP contribution in [0.3, 0.4) is 0 Å². The molecule has 2 aromatic rings. The molecule has 1 saturated heterocycles. The monoisotopic (exact) mass is 325 g/mol. The summed E-state index contributed by atoms with van der Waals surface area (Å²) in [5, 5.41) is 5.12. The lowest BCUT2D eigenvalue weighted by Crippen LogP contribution is -2.37. The molecule has 1 aromatic heterocycles. The Bertz CT molecular complexity index is 735. The van der Waals surface area contributed by atoms with Gasteiger partial charge in [0, 0.05) is 22.8 Å². The summed E-state index contributed by atoms with van der Waals surface area (Å²) in [6.07, 6.45) is 7.20. The van der Waals surface area contributed by atoms with Crippen molar-refractivity contribution in [3.8, 4) is 5.75 Å². The summed E-state index contributed by atoms with van der Waals surface area (Å²) >= 11 is 0. The predicted molar refractivity (Wildman–Crippen MR) is 99.1 cm³/mol. The van der Waals surface area contributed by atoms with E-state index in [1.54, 1.807) is 7.11 Å². The number of nitrogens with zero attached hydrogens (tertiary/aromatic N) is 2. The average molecular weight is 325 g/mol. The van der Waals surface area contributed by atoms with E-state index in [-0.39, 0.29) is 0 Å². The molecule has 0 radical (unpaired) electrons. The Morgan fingerprint density at radius 2 is 1.96 bits per heavy atom. The van der Waals surface area contributed by atoms with Crippen LogP contribution in [0, 0.1) is 0 Å². The number of fused-ring (bicyclic) bond motifs is 2. The molecule has 4 nitrogen and oxygen atoms in total. The first-order chi connectivity index (χ1) is 11.7. The Labute approximate surface area is 144 Å². The van der Waals surface area contributed by atoms with Gasteiger partial charge in [0.15, 0.2) is 0 Å². The van der Waals surface area contributed by atoms with Crippen molar-refractivity contribution in [3.63, 3.8) is 0 Å². The maximum atomic E-state index is 5.46. The molecule has 1 N–H and O–H groups in total. The van der Waals surface area contributed by atoms with Crippen molar-refractivity contribution >= 4 is 16.6 Å². The minimum Gasteiger partial charge on any atom is -0.497 e. The van der Waals surface area contributed by atoms with Gasteiger partial charge in [-0.05, 0) is 82.4 Å². The average Bonchev–Trinajstić information content (AvgIpc) is 2.63. The third-order valence-electron chi connectivity index (χ3n) is 5.54. The number of rotatable bonds is 3. The first kappa shape index (κ1) is 15.7. The van der Waals surface area contributed by atoms with Crippen molar-refractivity contribution in [2.24, 2.45) is 0 Å². The molecule has 0 bridgehead atoms. The van der Waals surface area contributed by atoms with E-state index in [1.165, 1.54) is 61.1 Å². The number of pyridine rings is 1. The lowest BCUT2D eigenvalue weighted by atomic mass is 9.92. The molecule has 4 heteroatoms. The lowest BCUT2D eigenvalue weighted by molar-refractivity contribution is 0.264. The molecule has 1 aliphatic heterocycles. The quantitative estimate of drug-likeness (QED) is 0.935. The van der Waals surface area contributed by atoms with Crippen LogP contribution in [0.2, 0.25) is 0 Å². The van der Waals surface area contributed by atoms with Gasteiger partial charge in [-0.15, -0.1) is 0 Å². The van der Waals surface area contributed by atoms with Crippen LogP contribution in [-0.4, -0.2) is 43.2 Å². The SMILES string of the molecule is COc1ccc2nc3c(c(NC4CCN(C)CC4)c2c1)CCCC3. The van der Waals surface area contributed by atoms with Crippen LogP contribution < -0.4 is 10.1 Å². The van der Waals surface area contributed by atoms with Gasteiger partial charge < -0.3 is 15.0 Å². The van der Waals surface area contributed by atoms with Crippen LogP contribution in [0.15, 0.2) is 18.2 Å². The smallest absolute Gasteiger partial charge is 0.119 e. The Hall–Kier alpha value is -1.81. The Balaban J connectivity index is 1.77. The van der Waals surface area contributed by atoms with Gasteiger partial charge in [-0.2, -0.15) is 0 Å². The molecule has 1 fully saturated rings. The Morgan fingerprint density at radius 1 is 1.17 bits per heavy atom. The largest absolute Gasteiger partial charge is 0.497 e. The molecule has 0 unspecified atom stereocenters. The molecule has 24 heavy (non-hydrogen) atoms. The zero-order chi connectivity index (χ0) is 16.5. The van der Waals surface area contributed by atoms with Crippen LogP contribution in [0.1, 0.15) is 36.9 Å². The molecule has 1 aromatic carbocycles. The van der Waals surface area contributed by atoms with Crippen LogP contribution in [0.25, 0.3) is 10.9 Å². The molecule has 128 valence electrons. The number of hydrogen-bond acceptors (Lipinski definition) is 4. The van der Waals surface area contributed by atoms with Crippen LogP contribution in [-0.2, 0) is 12.8 Å². The number of aromatic nitrogens is 1. The maximum absolute atomic E-state index is 5.46. The second-order valence-electron chi connectivity index (χ2n) is 7.22. The fourth-order valence-electron chi connectivity index (χ4n) is 4.05. The third kappa shape index (κ3) is 2.95. The zero-order valence-electron chi connectivity index (χ0n) is 14.8. The van der Waals surface area contributed by atoms with Gasteiger partial charge in [0.05, 0.1) is 12.6 Å². The second kappa shape index (κ2) is 6.60. The molecule has 2 aliphatic rings. The van der Waals surface area contributed by atoms with Crippen molar-refractivity contribution in [1.82, 2.24) is 9.88 Å². The fourth-order valence-corrected chi connectivity index (χ4v) is 4.05. The standard InChI is InChI=1S/C20H27N3O/c1-23-11-9-14(10-12-23)21-20-16-5-3-4-6-18(16)22-19-8-7-15(24-2)13-17(19)20/h7-8,13-14H,3-6,9-12H2,1-2H3,(H,21,22). The predicted octanol–water partition coefficient (Wildman–Crippen LogP) is 3.63. The Morgan fingerprint density at radius 3 is 2.75 bits per heavy atom. The Kier molecular flexibility index (Phi) is 4.31. The van der Waals surface area contributed by atoms with Crippen LogP contribution in [0.4, 0.5) is 5.69 Å². The highest BCUT2D eigenvalue weighted by molar-refractivity contribution is 5.94. The summed E-state index contributed by atoms with van der Waals surface area (Å²) in [4.78, 5) is 7.37. The molecule has 4 rings (SSSR count). The van der Waals surface area contributed by atoms with E-state index in [0.717, 1.165) is 24.1 Å². The van der Waals surface area contributed by atoms with Gasteiger partial charge in [-0.1, -0.05) is 0 Å². The highest BCUT2D eigenvalue weighted by atomic mass is 16.5. The van der Waals surface area contributed by atoms with Gasteiger partial charge >= 0.3 is 0 Å². The number of ether oxygens (including phenoxy) is 1. The highest BCUT2D eigenvalue weighted by Gasteiger charge is 2.22. The molecule has 0 amide bonds. The summed E-state index contributed by atoms with van der Waals surface area (Å²) < 4.78 is 5.46. The number of benzene rings is 1. The molecule has 2 heterocycles. The number of hydrogen-bond donors (Lipinski definition) is 1. The maximum Gasteiger partial charge on any atom is 0.119 e. The highest BCUT2D eigenvalue weighted by Crippen LogP contribution is 2.36. The summed E-state index contributed by atoms with van der Waals surface area (Å²) in [6, 6.07) is 6.82.